The van der Waals surface area contributed by atoms with Gasteiger partial charge in [-0.3, -0.25) is 0 Å². The van der Waals surface area contributed by atoms with Crippen molar-refractivity contribution < 1.29 is 4.42 Å². The molecule has 0 fully saturated rings. The minimum Gasteiger partial charge on any atom is -0.421 e. The van der Waals surface area contributed by atoms with Crippen molar-refractivity contribution in [1.82, 2.24) is 0 Å². The Bertz CT molecular complexity index is 770. The van der Waals surface area contributed by atoms with Crippen molar-refractivity contribution in [2.75, 3.05) is 0 Å². The van der Waals surface area contributed by atoms with E-state index in [0.29, 0.717) is 11.1 Å². The summed E-state index contributed by atoms with van der Waals surface area (Å²) in [6.45, 7) is 1.96. The van der Waals surface area contributed by atoms with Crippen LogP contribution in [0.25, 0.3) is 21.4 Å². The first-order chi connectivity index (χ1) is 8.68. The molecule has 90 valence electrons. The van der Waals surface area contributed by atoms with Crippen molar-refractivity contribution >= 4 is 34.7 Å². The van der Waals surface area contributed by atoms with Crippen LogP contribution in [0, 0.1) is 6.92 Å². The van der Waals surface area contributed by atoms with Crippen molar-refractivity contribution in [3.8, 4) is 10.6 Å². The lowest BCUT2D eigenvalue weighted by Crippen LogP contribution is -2.02. The monoisotopic (exact) mass is 274 g/mol. The van der Waals surface area contributed by atoms with Gasteiger partial charge in [0.1, 0.15) is 0 Å². The summed E-state index contributed by atoms with van der Waals surface area (Å²) in [5.41, 5.74) is 0.646. The molecule has 1 aromatic carbocycles. The summed E-state index contributed by atoms with van der Waals surface area (Å²) in [5.74, 6) is 0.643. The molecule has 0 atom stereocenters. The summed E-state index contributed by atoms with van der Waals surface area (Å²) in [6, 6.07) is 9.35. The molecule has 3 aromatic rings. The molecule has 2 nitrogen and oxygen atoms in total. The molecule has 2 aromatic heterocycles. The van der Waals surface area contributed by atoms with Crippen LogP contribution in [-0.2, 0) is 0 Å². The maximum absolute atomic E-state index is 12.0. The fourth-order valence-electron chi connectivity index (χ4n) is 2.08. The lowest BCUT2D eigenvalue weighted by Gasteiger charge is -2.07. The van der Waals surface area contributed by atoms with Crippen molar-refractivity contribution in [1.29, 1.82) is 0 Å². The molecule has 0 aliphatic heterocycles. The van der Waals surface area contributed by atoms with E-state index in [1.165, 1.54) is 0 Å². The zero-order valence-corrected chi connectivity index (χ0v) is 11.3. The average molecular weight is 274 g/mol. The molecule has 0 aliphatic rings. The summed E-state index contributed by atoms with van der Waals surface area (Å²) < 4.78 is 5.44. The Hall–Kier alpha value is -1.52. The maximum atomic E-state index is 12.0. The van der Waals surface area contributed by atoms with E-state index in [-0.39, 0.29) is 5.63 Å². The summed E-state index contributed by atoms with van der Waals surface area (Å²) in [4.78, 5) is 13.8. The highest BCUT2D eigenvalue weighted by Crippen LogP contribution is 2.32. The molecule has 0 bridgehead atoms. The van der Waals surface area contributed by atoms with Gasteiger partial charge in [-0.15, -0.1) is 24.0 Å². The second-order valence-electron chi connectivity index (χ2n) is 4.02. The van der Waals surface area contributed by atoms with Crippen LogP contribution in [-0.4, -0.2) is 0 Å². The fraction of sp³-hybridized carbons (Fsp3) is 0.0714. The summed E-state index contributed by atoms with van der Waals surface area (Å²) >= 11 is 5.99. The largest absolute Gasteiger partial charge is 0.421 e. The fourth-order valence-corrected chi connectivity index (χ4v) is 3.22. The summed E-state index contributed by atoms with van der Waals surface area (Å²) in [6.07, 6.45) is 0. The number of thiophene rings is 1. The van der Waals surface area contributed by atoms with Gasteiger partial charge in [0.05, 0.1) is 10.3 Å². The van der Waals surface area contributed by atoms with Gasteiger partial charge in [0, 0.05) is 15.8 Å². The van der Waals surface area contributed by atoms with Crippen LogP contribution in [0.2, 0.25) is 0 Å². The topological polar surface area (TPSA) is 30.2 Å². The van der Waals surface area contributed by atoms with E-state index in [9.17, 15) is 4.79 Å². The number of benzene rings is 1. The van der Waals surface area contributed by atoms with E-state index in [1.807, 2.05) is 36.6 Å². The minimum atomic E-state index is -0.310. The Balaban J connectivity index is 2.47. The van der Waals surface area contributed by atoms with Gasteiger partial charge in [0.15, 0.2) is 5.76 Å². The molecule has 0 saturated carbocycles. The van der Waals surface area contributed by atoms with Crippen LogP contribution in [0.5, 0.6) is 0 Å². The Morgan fingerprint density at radius 1 is 1.22 bits per heavy atom. The van der Waals surface area contributed by atoms with Crippen molar-refractivity contribution in [2.24, 2.45) is 0 Å². The van der Waals surface area contributed by atoms with E-state index >= 15 is 0 Å². The molecule has 4 heteroatoms. The molecule has 0 aliphatic carbocycles. The molecule has 0 saturated heterocycles. The van der Waals surface area contributed by atoms with Gasteiger partial charge in [-0.1, -0.05) is 12.1 Å². The lowest BCUT2D eigenvalue weighted by atomic mass is 10.1. The number of aryl methyl sites for hydroxylation is 1. The van der Waals surface area contributed by atoms with E-state index < -0.39 is 0 Å². The van der Waals surface area contributed by atoms with Gasteiger partial charge in [-0.05, 0) is 30.5 Å². The van der Waals surface area contributed by atoms with Crippen molar-refractivity contribution in [3.63, 3.8) is 0 Å². The third-order valence-electron chi connectivity index (χ3n) is 2.92. The first kappa shape index (κ1) is 11.6. The van der Waals surface area contributed by atoms with Crippen LogP contribution in [0.1, 0.15) is 5.56 Å². The molecular weight excluding hydrogens is 264 g/mol. The zero-order valence-electron chi connectivity index (χ0n) is 9.64. The van der Waals surface area contributed by atoms with Gasteiger partial charge in [-0.25, -0.2) is 4.79 Å². The standard InChI is InChI=1S/C14H10O2S2/c1-8-12-9(4-2-5-10(12)17)14(15)16-13(8)11-6-3-7-18-11/h2-7,17H,1H3. The van der Waals surface area contributed by atoms with Gasteiger partial charge >= 0.3 is 5.63 Å². The summed E-state index contributed by atoms with van der Waals surface area (Å²) in [7, 11) is 0. The van der Waals surface area contributed by atoms with Crippen molar-refractivity contribution in [3.05, 3.63) is 51.7 Å². The molecular formula is C14H10O2S2. The quantitative estimate of drug-likeness (QED) is 0.677. The predicted molar refractivity (Wildman–Crippen MR) is 77.8 cm³/mol. The van der Waals surface area contributed by atoms with Crippen LogP contribution in [0.4, 0.5) is 0 Å². The molecule has 0 amide bonds. The van der Waals surface area contributed by atoms with Gasteiger partial charge < -0.3 is 4.42 Å². The Morgan fingerprint density at radius 2 is 2.06 bits per heavy atom. The molecule has 0 spiro atoms. The van der Waals surface area contributed by atoms with Crippen LogP contribution < -0.4 is 5.63 Å². The van der Waals surface area contributed by atoms with Gasteiger partial charge in [-0.2, -0.15) is 0 Å². The zero-order chi connectivity index (χ0) is 12.7. The predicted octanol–water partition coefficient (Wildman–Crippen LogP) is 4.12. The highest BCUT2D eigenvalue weighted by Gasteiger charge is 2.14. The van der Waals surface area contributed by atoms with E-state index in [4.69, 9.17) is 4.42 Å². The highest BCUT2D eigenvalue weighted by molar-refractivity contribution is 7.80. The third-order valence-corrected chi connectivity index (χ3v) is 4.16. The number of fused-ring (bicyclic) bond motifs is 1. The molecule has 2 heterocycles. The number of thiol groups is 1. The molecule has 0 radical (unpaired) electrons. The Kier molecular flexibility index (Phi) is 2.76. The average Bonchev–Trinajstić information content (AvgIpc) is 2.87. The molecule has 0 N–H and O–H groups in total. The van der Waals surface area contributed by atoms with E-state index in [1.54, 1.807) is 17.4 Å². The lowest BCUT2D eigenvalue weighted by molar-refractivity contribution is 0.532. The van der Waals surface area contributed by atoms with Crippen LogP contribution in [0.15, 0.2) is 49.8 Å². The van der Waals surface area contributed by atoms with Gasteiger partial charge in [0.2, 0.25) is 0 Å². The Morgan fingerprint density at radius 3 is 2.78 bits per heavy atom. The van der Waals surface area contributed by atoms with Crippen LogP contribution >= 0.6 is 24.0 Å². The van der Waals surface area contributed by atoms with Crippen molar-refractivity contribution in [2.45, 2.75) is 11.8 Å². The van der Waals surface area contributed by atoms with Gasteiger partial charge in [0.25, 0.3) is 0 Å². The second-order valence-corrected chi connectivity index (χ2v) is 5.45. The molecule has 0 unspecified atom stereocenters. The third kappa shape index (κ3) is 1.69. The smallest absolute Gasteiger partial charge is 0.344 e. The number of hydrogen-bond acceptors (Lipinski definition) is 4. The second kappa shape index (κ2) is 4.30. The normalized spacial score (nSPS) is 11.0. The van der Waals surface area contributed by atoms with E-state index in [0.717, 1.165) is 20.7 Å². The molecule has 18 heavy (non-hydrogen) atoms. The van der Waals surface area contributed by atoms with Crippen LogP contribution in [0.3, 0.4) is 0 Å². The first-order valence-electron chi connectivity index (χ1n) is 5.48. The number of hydrogen-bond donors (Lipinski definition) is 1. The Labute approximate surface area is 113 Å². The van der Waals surface area contributed by atoms with E-state index in [2.05, 4.69) is 12.6 Å². The summed E-state index contributed by atoms with van der Waals surface area (Å²) in [5, 5.41) is 3.42. The highest BCUT2D eigenvalue weighted by atomic mass is 32.1. The molecule has 3 rings (SSSR count). The number of rotatable bonds is 1. The maximum Gasteiger partial charge on any atom is 0.344 e. The SMILES string of the molecule is Cc1c(-c2cccs2)oc(=O)c2cccc(S)c12. The minimum absolute atomic E-state index is 0.310. The first-order valence-corrected chi connectivity index (χ1v) is 6.80.